The molecule has 5 nitrogen and oxygen atoms in total. The predicted molar refractivity (Wildman–Crippen MR) is 103 cm³/mol. The molecule has 0 aromatic heterocycles. The number of halogens is 2. The number of nitrogens with zero attached hydrogens (tertiary/aromatic N) is 2. The van der Waals surface area contributed by atoms with Crippen molar-refractivity contribution in [3.05, 3.63) is 76.2 Å². The molecular weight excluding hydrogens is 383 g/mol. The number of benzene rings is 2. The van der Waals surface area contributed by atoms with Gasteiger partial charge in [0, 0.05) is 23.7 Å². The van der Waals surface area contributed by atoms with Crippen molar-refractivity contribution in [3.63, 3.8) is 0 Å². The lowest BCUT2D eigenvalue weighted by Crippen LogP contribution is -2.40. The summed E-state index contributed by atoms with van der Waals surface area (Å²) in [5, 5.41) is 0.539. The van der Waals surface area contributed by atoms with Crippen LogP contribution < -0.4 is 0 Å². The lowest BCUT2D eigenvalue weighted by atomic mass is 10.0. The average Bonchev–Trinajstić information content (AvgIpc) is 2.95. The first-order chi connectivity index (χ1) is 13.6. The minimum absolute atomic E-state index is 0.116. The number of hydrogen-bond acceptors (Lipinski definition) is 4. The summed E-state index contributed by atoms with van der Waals surface area (Å²) in [7, 11) is 0. The van der Waals surface area contributed by atoms with Crippen LogP contribution in [-0.2, 0) is 20.9 Å². The van der Waals surface area contributed by atoms with Crippen molar-refractivity contribution in [2.75, 3.05) is 26.3 Å². The van der Waals surface area contributed by atoms with Crippen molar-refractivity contribution >= 4 is 29.0 Å². The molecule has 1 fully saturated rings. The maximum Gasteiger partial charge on any atom is 0.278 e. The highest BCUT2D eigenvalue weighted by Crippen LogP contribution is 2.33. The first-order valence-electron chi connectivity index (χ1n) is 8.99. The van der Waals surface area contributed by atoms with E-state index in [1.807, 2.05) is 4.90 Å². The van der Waals surface area contributed by atoms with E-state index in [-0.39, 0.29) is 6.54 Å². The second-order valence-electron chi connectivity index (χ2n) is 6.62. The monoisotopic (exact) mass is 400 g/mol. The van der Waals surface area contributed by atoms with Crippen LogP contribution in [0, 0.1) is 5.82 Å². The summed E-state index contributed by atoms with van der Waals surface area (Å²) in [6.07, 6.45) is 0. The first-order valence-corrected chi connectivity index (χ1v) is 9.36. The molecule has 0 atom stereocenters. The van der Waals surface area contributed by atoms with Crippen LogP contribution in [0.2, 0.25) is 5.02 Å². The van der Waals surface area contributed by atoms with E-state index in [0.29, 0.717) is 53.7 Å². The zero-order valence-electron chi connectivity index (χ0n) is 15.0. The average molecular weight is 401 g/mol. The number of hydrogen-bond donors (Lipinski definition) is 0. The molecule has 28 heavy (non-hydrogen) atoms. The van der Waals surface area contributed by atoms with E-state index < -0.39 is 17.6 Å². The molecule has 0 aliphatic carbocycles. The standard InChI is InChI=1S/C21H18ClFN2O3/c22-16-7-5-14(6-8-16)18-19(24-9-11-28-12-10-24)21(27)25(20(18)26)13-15-3-1-2-4-17(15)23/h1-8H,9-13H2. The van der Waals surface area contributed by atoms with Crippen molar-refractivity contribution in [1.82, 2.24) is 9.80 Å². The molecule has 2 aromatic carbocycles. The molecule has 2 heterocycles. The van der Waals surface area contributed by atoms with Gasteiger partial charge in [-0.25, -0.2) is 4.39 Å². The van der Waals surface area contributed by atoms with Crippen LogP contribution in [0.5, 0.6) is 0 Å². The van der Waals surface area contributed by atoms with E-state index in [2.05, 4.69) is 0 Å². The number of amides is 2. The Morgan fingerprint density at radius 1 is 0.964 bits per heavy atom. The molecule has 0 bridgehead atoms. The van der Waals surface area contributed by atoms with E-state index in [1.165, 1.54) is 6.07 Å². The van der Waals surface area contributed by atoms with E-state index in [9.17, 15) is 14.0 Å². The summed E-state index contributed by atoms with van der Waals surface area (Å²) >= 11 is 5.97. The number of rotatable bonds is 4. The van der Waals surface area contributed by atoms with Crippen molar-refractivity contribution in [1.29, 1.82) is 0 Å². The third kappa shape index (κ3) is 3.41. The fraction of sp³-hybridized carbons (Fsp3) is 0.238. The first kappa shape index (κ1) is 18.7. The lowest BCUT2D eigenvalue weighted by molar-refractivity contribution is -0.138. The van der Waals surface area contributed by atoms with Crippen LogP contribution in [0.15, 0.2) is 54.2 Å². The summed E-state index contributed by atoms with van der Waals surface area (Å²) in [6, 6.07) is 12.9. The SMILES string of the molecule is O=C1C(c2ccc(Cl)cc2)=C(N2CCOCC2)C(=O)N1Cc1ccccc1F. The fourth-order valence-corrected chi connectivity index (χ4v) is 3.59. The predicted octanol–water partition coefficient (Wildman–Crippen LogP) is 3.09. The normalized spacial score (nSPS) is 17.6. The van der Waals surface area contributed by atoms with Gasteiger partial charge in [-0.05, 0) is 23.8 Å². The van der Waals surface area contributed by atoms with Gasteiger partial charge in [-0.3, -0.25) is 14.5 Å². The number of carbonyl (C=O) groups is 2. The molecule has 0 spiro atoms. The summed E-state index contributed by atoms with van der Waals surface area (Å²) < 4.78 is 19.5. The Hall–Kier alpha value is -2.70. The minimum atomic E-state index is -0.448. The van der Waals surface area contributed by atoms with Crippen LogP contribution in [0.3, 0.4) is 0 Å². The Morgan fingerprint density at radius 3 is 2.32 bits per heavy atom. The molecule has 0 radical (unpaired) electrons. The Balaban J connectivity index is 1.74. The van der Waals surface area contributed by atoms with Crippen molar-refractivity contribution < 1.29 is 18.7 Å². The van der Waals surface area contributed by atoms with Gasteiger partial charge in [0.2, 0.25) is 0 Å². The largest absolute Gasteiger partial charge is 0.378 e. The molecule has 144 valence electrons. The van der Waals surface area contributed by atoms with E-state index in [4.69, 9.17) is 16.3 Å². The fourth-order valence-electron chi connectivity index (χ4n) is 3.46. The third-order valence-corrected chi connectivity index (χ3v) is 5.14. The molecule has 2 aliphatic heterocycles. The zero-order chi connectivity index (χ0) is 19.7. The van der Waals surface area contributed by atoms with Gasteiger partial charge < -0.3 is 9.64 Å². The molecule has 0 N–H and O–H groups in total. The Morgan fingerprint density at radius 2 is 1.64 bits per heavy atom. The molecule has 1 saturated heterocycles. The van der Waals surface area contributed by atoms with Gasteiger partial charge >= 0.3 is 0 Å². The maximum absolute atomic E-state index is 14.1. The maximum atomic E-state index is 14.1. The summed E-state index contributed by atoms with van der Waals surface area (Å²) in [6.45, 7) is 1.87. The highest BCUT2D eigenvalue weighted by atomic mass is 35.5. The smallest absolute Gasteiger partial charge is 0.278 e. The van der Waals surface area contributed by atoms with Crippen LogP contribution in [0.25, 0.3) is 5.57 Å². The van der Waals surface area contributed by atoms with Crippen LogP contribution in [0.4, 0.5) is 4.39 Å². The third-order valence-electron chi connectivity index (χ3n) is 4.89. The Kier molecular flexibility index (Phi) is 5.15. The van der Waals surface area contributed by atoms with Crippen molar-refractivity contribution in [2.24, 2.45) is 0 Å². The summed E-state index contributed by atoms with van der Waals surface area (Å²) in [4.78, 5) is 29.4. The Bertz CT molecular complexity index is 952. The highest BCUT2D eigenvalue weighted by molar-refractivity contribution is 6.35. The molecule has 2 aliphatic rings. The van der Waals surface area contributed by atoms with Gasteiger partial charge in [-0.15, -0.1) is 0 Å². The molecular formula is C21H18ClFN2O3. The molecule has 2 amide bonds. The van der Waals surface area contributed by atoms with Gasteiger partial charge in [0.1, 0.15) is 11.5 Å². The number of carbonyl (C=O) groups excluding carboxylic acids is 2. The van der Waals surface area contributed by atoms with Crippen LogP contribution in [0.1, 0.15) is 11.1 Å². The molecule has 0 unspecified atom stereocenters. The zero-order valence-corrected chi connectivity index (χ0v) is 15.8. The summed E-state index contributed by atoms with van der Waals surface area (Å²) in [5.74, 6) is -1.30. The van der Waals surface area contributed by atoms with Crippen LogP contribution >= 0.6 is 11.6 Å². The molecule has 4 rings (SSSR count). The highest BCUT2D eigenvalue weighted by Gasteiger charge is 2.42. The summed E-state index contributed by atoms with van der Waals surface area (Å²) in [5.41, 5.74) is 1.56. The minimum Gasteiger partial charge on any atom is -0.378 e. The molecule has 2 aromatic rings. The number of imide groups is 1. The van der Waals surface area contributed by atoms with Crippen LogP contribution in [-0.4, -0.2) is 47.9 Å². The van der Waals surface area contributed by atoms with Crippen molar-refractivity contribution in [3.8, 4) is 0 Å². The van der Waals surface area contributed by atoms with Gasteiger partial charge in [0.15, 0.2) is 0 Å². The van der Waals surface area contributed by atoms with E-state index in [0.717, 1.165) is 4.90 Å². The number of ether oxygens (including phenoxy) is 1. The van der Waals surface area contributed by atoms with E-state index >= 15 is 0 Å². The van der Waals surface area contributed by atoms with Gasteiger partial charge in [0.25, 0.3) is 11.8 Å². The molecule has 7 heteroatoms. The second kappa shape index (κ2) is 7.73. The topological polar surface area (TPSA) is 49.9 Å². The number of morpholine rings is 1. The molecule has 0 saturated carbocycles. The van der Waals surface area contributed by atoms with Gasteiger partial charge in [0.05, 0.1) is 25.3 Å². The Labute approximate surface area is 166 Å². The van der Waals surface area contributed by atoms with Gasteiger partial charge in [-0.2, -0.15) is 0 Å². The second-order valence-corrected chi connectivity index (χ2v) is 7.05. The quantitative estimate of drug-likeness (QED) is 0.740. The van der Waals surface area contributed by atoms with Crippen molar-refractivity contribution in [2.45, 2.75) is 6.54 Å². The lowest BCUT2D eigenvalue weighted by Gasteiger charge is -2.29. The van der Waals surface area contributed by atoms with Gasteiger partial charge in [-0.1, -0.05) is 41.9 Å². The van der Waals surface area contributed by atoms with E-state index in [1.54, 1.807) is 42.5 Å².